The number of H-pyrrole nitrogens is 1. The Labute approximate surface area is 139 Å². The maximum atomic E-state index is 12.5. The van der Waals surface area contributed by atoms with E-state index in [0.717, 1.165) is 11.1 Å². The summed E-state index contributed by atoms with van der Waals surface area (Å²) in [5, 5.41) is 0. The van der Waals surface area contributed by atoms with E-state index in [2.05, 4.69) is 11.6 Å². The van der Waals surface area contributed by atoms with Crippen molar-refractivity contribution in [3.63, 3.8) is 0 Å². The minimum atomic E-state index is -0.412. The van der Waals surface area contributed by atoms with Crippen molar-refractivity contribution >= 4 is 0 Å². The van der Waals surface area contributed by atoms with Gasteiger partial charge in [0, 0.05) is 18.7 Å². The summed E-state index contributed by atoms with van der Waals surface area (Å²) in [6, 6.07) is 19.2. The van der Waals surface area contributed by atoms with E-state index in [9.17, 15) is 9.59 Å². The van der Waals surface area contributed by atoms with Crippen molar-refractivity contribution in [3.8, 4) is 11.1 Å². The van der Waals surface area contributed by atoms with E-state index in [-0.39, 0.29) is 5.56 Å². The van der Waals surface area contributed by atoms with E-state index >= 15 is 0 Å². The number of hydrogen-bond donors (Lipinski definition) is 1. The average molecular weight is 318 g/mol. The second-order valence-electron chi connectivity index (χ2n) is 5.51. The Morgan fingerprint density at radius 3 is 2.21 bits per heavy atom. The zero-order valence-corrected chi connectivity index (χ0v) is 13.2. The molecular formula is C20H18N2O2. The third-order valence-electron chi connectivity index (χ3n) is 3.90. The molecule has 3 aromatic rings. The van der Waals surface area contributed by atoms with Gasteiger partial charge >= 0.3 is 5.69 Å². The number of hydrogen-bond acceptors (Lipinski definition) is 2. The van der Waals surface area contributed by atoms with E-state index < -0.39 is 5.69 Å². The standard InChI is InChI=1S/C20H18N2O2/c1-2-13-22-17(14-15-9-5-3-6-10-15)18(19(23)21-20(22)24)16-11-7-4-8-12-16/h2-12H,1,13-14H2,(H,21,23,24). The van der Waals surface area contributed by atoms with Crippen molar-refractivity contribution in [2.24, 2.45) is 0 Å². The lowest BCUT2D eigenvalue weighted by molar-refractivity contribution is 0.696. The molecular weight excluding hydrogens is 300 g/mol. The monoisotopic (exact) mass is 318 g/mol. The van der Waals surface area contributed by atoms with Crippen molar-refractivity contribution in [1.29, 1.82) is 0 Å². The van der Waals surface area contributed by atoms with Gasteiger partial charge in [-0.25, -0.2) is 4.79 Å². The van der Waals surface area contributed by atoms with Crippen LogP contribution in [0.5, 0.6) is 0 Å². The second kappa shape index (κ2) is 6.96. The molecule has 0 aliphatic carbocycles. The molecule has 0 bridgehead atoms. The first-order valence-corrected chi connectivity index (χ1v) is 7.77. The van der Waals surface area contributed by atoms with Gasteiger partial charge in [-0.15, -0.1) is 6.58 Å². The number of nitrogens with one attached hydrogen (secondary N) is 1. The summed E-state index contributed by atoms with van der Waals surface area (Å²) >= 11 is 0. The fourth-order valence-corrected chi connectivity index (χ4v) is 2.81. The van der Waals surface area contributed by atoms with Gasteiger partial charge in [-0.3, -0.25) is 14.3 Å². The fourth-order valence-electron chi connectivity index (χ4n) is 2.81. The molecule has 24 heavy (non-hydrogen) atoms. The smallest absolute Gasteiger partial charge is 0.293 e. The third kappa shape index (κ3) is 3.13. The van der Waals surface area contributed by atoms with Crippen molar-refractivity contribution in [3.05, 3.63) is 105 Å². The van der Waals surface area contributed by atoms with Crippen molar-refractivity contribution < 1.29 is 0 Å². The lowest BCUT2D eigenvalue weighted by Gasteiger charge is -2.15. The predicted octanol–water partition coefficient (Wildman–Crippen LogP) is 2.98. The summed E-state index contributed by atoms with van der Waals surface area (Å²) in [5.74, 6) is 0. The maximum Gasteiger partial charge on any atom is 0.328 e. The van der Waals surface area contributed by atoms with Gasteiger partial charge in [0.2, 0.25) is 0 Å². The number of allylic oxidation sites excluding steroid dienone is 1. The zero-order valence-electron chi connectivity index (χ0n) is 13.2. The van der Waals surface area contributed by atoms with Crippen LogP contribution in [0.3, 0.4) is 0 Å². The van der Waals surface area contributed by atoms with Crippen LogP contribution in [0, 0.1) is 0 Å². The van der Waals surface area contributed by atoms with Gasteiger partial charge in [-0.1, -0.05) is 66.7 Å². The molecule has 120 valence electrons. The summed E-state index contributed by atoms with van der Waals surface area (Å²) in [7, 11) is 0. The van der Waals surface area contributed by atoms with E-state index in [1.165, 1.54) is 0 Å². The fraction of sp³-hybridized carbons (Fsp3) is 0.100. The molecule has 0 aliphatic rings. The van der Waals surface area contributed by atoms with Gasteiger partial charge in [0.25, 0.3) is 5.56 Å². The predicted molar refractivity (Wildman–Crippen MR) is 96.2 cm³/mol. The van der Waals surface area contributed by atoms with Crippen LogP contribution >= 0.6 is 0 Å². The molecule has 0 saturated heterocycles. The normalized spacial score (nSPS) is 10.5. The number of benzene rings is 2. The van der Waals surface area contributed by atoms with Gasteiger partial charge in [0.05, 0.1) is 5.56 Å². The van der Waals surface area contributed by atoms with E-state index in [0.29, 0.717) is 24.2 Å². The van der Waals surface area contributed by atoms with Crippen LogP contribution in [0.15, 0.2) is 82.9 Å². The molecule has 1 heterocycles. The van der Waals surface area contributed by atoms with Crippen LogP contribution in [0.1, 0.15) is 11.3 Å². The highest BCUT2D eigenvalue weighted by Gasteiger charge is 2.16. The van der Waals surface area contributed by atoms with Crippen LogP contribution in [0.4, 0.5) is 0 Å². The Bertz CT molecular complexity index is 954. The molecule has 0 radical (unpaired) electrons. The van der Waals surface area contributed by atoms with E-state index in [1.807, 2.05) is 60.7 Å². The van der Waals surface area contributed by atoms with Gasteiger partial charge in [-0.05, 0) is 11.1 Å². The van der Waals surface area contributed by atoms with Crippen LogP contribution in [0.25, 0.3) is 11.1 Å². The topological polar surface area (TPSA) is 54.9 Å². The molecule has 1 N–H and O–H groups in total. The summed E-state index contributed by atoms with van der Waals surface area (Å²) in [6.45, 7) is 4.06. The van der Waals surface area contributed by atoms with Gasteiger partial charge in [-0.2, -0.15) is 0 Å². The molecule has 0 spiro atoms. The SMILES string of the molecule is C=CCn1c(Cc2ccccc2)c(-c2ccccc2)c(=O)[nH]c1=O. The highest BCUT2D eigenvalue weighted by molar-refractivity contribution is 5.65. The van der Waals surface area contributed by atoms with Gasteiger partial charge in [0.15, 0.2) is 0 Å². The minimum Gasteiger partial charge on any atom is -0.293 e. The highest BCUT2D eigenvalue weighted by atomic mass is 16.2. The first-order chi connectivity index (χ1) is 11.7. The maximum absolute atomic E-state index is 12.5. The molecule has 2 aromatic carbocycles. The Kier molecular flexibility index (Phi) is 4.57. The number of rotatable bonds is 5. The first kappa shape index (κ1) is 15.7. The Morgan fingerprint density at radius 1 is 0.958 bits per heavy atom. The number of nitrogens with zero attached hydrogens (tertiary/aromatic N) is 1. The van der Waals surface area contributed by atoms with Crippen LogP contribution in [-0.2, 0) is 13.0 Å². The minimum absolute atomic E-state index is 0.345. The lowest BCUT2D eigenvalue weighted by Crippen LogP contribution is -2.34. The van der Waals surface area contributed by atoms with Gasteiger partial charge < -0.3 is 0 Å². The van der Waals surface area contributed by atoms with Crippen molar-refractivity contribution in [1.82, 2.24) is 9.55 Å². The zero-order chi connectivity index (χ0) is 16.9. The quantitative estimate of drug-likeness (QED) is 0.735. The molecule has 4 nitrogen and oxygen atoms in total. The lowest BCUT2D eigenvalue weighted by atomic mass is 10.00. The highest BCUT2D eigenvalue weighted by Crippen LogP contribution is 2.21. The molecule has 0 amide bonds. The second-order valence-corrected chi connectivity index (χ2v) is 5.51. The molecule has 0 aliphatic heterocycles. The summed E-state index contributed by atoms with van der Waals surface area (Å²) in [4.78, 5) is 27.2. The van der Waals surface area contributed by atoms with Gasteiger partial charge in [0.1, 0.15) is 0 Å². The number of aromatic nitrogens is 2. The molecule has 4 heteroatoms. The van der Waals surface area contributed by atoms with E-state index in [4.69, 9.17) is 0 Å². The summed E-state index contributed by atoms with van der Waals surface area (Å²) in [6.07, 6.45) is 2.15. The van der Waals surface area contributed by atoms with E-state index in [1.54, 1.807) is 10.6 Å². The molecule has 3 rings (SSSR count). The third-order valence-corrected chi connectivity index (χ3v) is 3.90. The Hall–Kier alpha value is -3.14. The molecule has 0 atom stereocenters. The average Bonchev–Trinajstić information content (AvgIpc) is 2.60. The number of aromatic amines is 1. The Balaban J connectivity index is 2.27. The summed E-state index contributed by atoms with van der Waals surface area (Å²) in [5.41, 5.74) is 2.28. The largest absolute Gasteiger partial charge is 0.328 e. The van der Waals surface area contributed by atoms with Crippen LogP contribution < -0.4 is 11.2 Å². The molecule has 1 aromatic heterocycles. The molecule has 0 saturated carbocycles. The van der Waals surface area contributed by atoms with Crippen molar-refractivity contribution in [2.75, 3.05) is 0 Å². The summed E-state index contributed by atoms with van der Waals surface area (Å²) < 4.78 is 1.57. The van der Waals surface area contributed by atoms with Crippen molar-refractivity contribution in [2.45, 2.75) is 13.0 Å². The molecule has 0 unspecified atom stereocenters. The van der Waals surface area contributed by atoms with Crippen LogP contribution in [0.2, 0.25) is 0 Å². The first-order valence-electron chi connectivity index (χ1n) is 7.77. The molecule has 0 fully saturated rings. The van der Waals surface area contributed by atoms with Crippen LogP contribution in [-0.4, -0.2) is 9.55 Å². The Morgan fingerprint density at radius 2 is 1.58 bits per heavy atom.